The summed E-state index contributed by atoms with van der Waals surface area (Å²) < 4.78 is 15.6. The number of aryl methyl sites for hydroxylation is 1. The van der Waals surface area contributed by atoms with Gasteiger partial charge in [-0.25, -0.2) is 0 Å². The van der Waals surface area contributed by atoms with Gasteiger partial charge in [-0.15, -0.1) is 0 Å². The maximum Gasteiger partial charge on any atom is 0.311 e. The minimum absolute atomic E-state index is 0.118. The van der Waals surface area contributed by atoms with Crippen molar-refractivity contribution in [3.8, 4) is 17.2 Å². The van der Waals surface area contributed by atoms with Gasteiger partial charge >= 0.3 is 5.97 Å². The predicted molar refractivity (Wildman–Crippen MR) is 101 cm³/mol. The minimum Gasteiger partial charge on any atom is -0.493 e. The Hall–Kier alpha value is -3.55. The van der Waals surface area contributed by atoms with E-state index in [0.29, 0.717) is 17.2 Å². The number of para-hydroxylation sites is 2. The first kappa shape index (κ1) is 20.8. The van der Waals surface area contributed by atoms with Crippen molar-refractivity contribution in [1.29, 1.82) is 0 Å². The summed E-state index contributed by atoms with van der Waals surface area (Å²) in [5.41, 5.74) is 5.48. The van der Waals surface area contributed by atoms with E-state index in [1.807, 2.05) is 19.1 Å². The molecule has 0 saturated carbocycles. The Labute approximate surface area is 162 Å². The smallest absolute Gasteiger partial charge is 0.311 e. The van der Waals surface area contributed by atoms with Crippen LogP contribution in [0.5, 0.6) is 17.2 Å². The van der Waals surface area contributed by atoms with Crippen LogP contribution in [-0.2, 0) is 14.4 Å². The van der Waals surface area contributed by atoms with Gasteiger partial charge in [0.1, 0.15) is 5.75 Å². The fraction of sp³-hybridized carbons (Fsp3) is 0.250. The summed E-state index contributed by atoms with van der Waals surface area (Å²) in [4.78, 5) is 35.2. The van der Waals surface area contributed by atoms with Crippen molar-refractivity contribution in [2.45, 2.75) is 19.8 Å². The Balaban J connectivity index is 1.65. The van der Waals surface area contributed by atoms with Crippen LogP contribution in [0.25, 0.3) is 0 Å². The van der Waals surface area contributed by atoms with Crippen LogP contribution >= 0.6 is 0 Å². The van der Waals surface area contributed by atoms with Gasteiger partial charge in [0.2, 0.25) is 5.91 Å². The Bertz CT molecular complexity index is 820. The lowest BCUT2D eigenvalue weighted by Gasteiger charge is -2.11. The van der Waals surface area contributed by atoms with Crippen molar-refractivity contribution >= 4 is 17.8 Å². The molecule has 0 radical (unpaired) electrons. The van der Waals surface area contributed by atoms with Crippen LogP contribution in [0.2, 0.25) is 0 Å². The summed E-state index contributed by atoms with van der Waals surface area (Å²) in [6.07, 6.45) is -0.244. The van der Waals surface area contributed by atoms with Crippen molar-refractivity contribution in [2.75, 3.05) is 13.7 Å². The highest BCUT2D eigenvalue weighted by Gasteiger charge is 2.11. The number of nitrogens with one attached hydrogen (secondary N) is 2. The molecule has 28 heavy (non-hydrogen) atoms. The lowest BCUT2D eigenvalue weighted by molar-refractivity contribution is -0.137. The average Bonchev–Trinajstić information content (AvgIpc) is 2.71. The molecule has 8 heteroatoms. The van der Waals surface area contributed by atoms with Gasteiger partial charge in [-0.1, -0.05) is 29.8 Å². The number of benzene rings is 2. The first-order valence-corrected chi connectivity index (χ1v) is 8.59. The molecule has 0 aromatic heterocycles. The van der Waals surface area contributed by atoms with Gasteiger partial charge in [-0.2, -0.15) is 0 Å². The predicted octanol–water partition coefficient (Wildman–Crippen LogP) is 1.92. The Kier molecular flexibility index (Phi) is 7.83. The van der Waals surface area contributed by atoms with Gasteiger partial charge in [0, 0.05) is 6.42 Å². The maximum atomic E-state index is 11.7. The second-order valence-corrected chi connectivity index (χ2v) is 5.82. The quantitative estimate of drug-likeness (QED) is 0.408. The van der Waals surface area contributed by atoms with Crippen LogP contribution in [0, 0.1) is 6.92 Å². The molecule has 0 saturated heterocycles. The molecule has 0 bridgehead atoms. The van der Waals surface area contributed by atoms with Crippen molar-refractivity contribution in [1.82, 2.24) is 10.9 Å². The third-order valence-corrected chi connectivity index (χ3v) is 3.58. The number of carbonyl (C=O) groups excluding carboxylic acids is 3. The number of esters is 1. The van der Waals surface area contributed by atoms with E-state index >= 15 is 0 Å². The van der Waals surface area contributed by atoms with Gasteiger partial charge in [0.15, 0.2) is 18.1 Å². The number of hydrazine groups is 1. The van der Waals surface area contributed by atoms with Crippen molar-refractivity contribution < 1.29 is 28.6 Å². The second kappa shape index (κ2) is 10.6. The van der Waals surface area contributed by atoms with Gasteiger partial charge in [0.05, 0.1) is 13.5 Å². The number of hydrogen-bond acceptors (Lipinski definition) is 6. The Morgan fingerprint density at radius 3 is 2.18 bits per heavy atom. The van der Waals surface area contributed by atoms with E-state index in [4.69, 9.17) is 14.2 Å². The lowest BCUT2D eigenvalue weighted by Crippen LogP contribution is -2.44. The van der Waals surface area contributed by atoms with Crippen LogP contribution in [0.1, 0.15) is 18.4 Å². The molecule has 8 nitrogen and oxygen atoms in total. The average molecular weight is 386 g/mol. The lowest BCUT2D eigenvalue weighted by atomic mass is 10.2. The van der Waals surface area contributed by atoms with Crippen LogP contribution in [-0.4, -0.2) is 31.5 Å². The first-order chi connectivity index (χ1) is 13.5. The van der Waals surface area contributed by atoms with E-state index in [9.17, 15) is 14.4 Å². The molecule has 0 aliphatic rings. The molecule has 0 aliphatic carbocycles. The summed E-state index contributed by atoms with van der Waals surface area (Å²) in [7, 11) is 1.49. The molecule has 0 atom stereocenters. The molecule has 0 fully saturated rings. The van der Waals surface area contributed by atoms with E-state index in [-0.39, 0.29) is 19.4 Å². The summed E-state index contributed by atoms with van der Waals surface area (Å²) in [6, 6.07) is 13.9. The Morgan fingerprint density at radius 1 is 0.857 bits per heavy atom. The number of amides is 2. The van der Waals surface area contributed by atoms with Gasteiger partial charge < -0.3 is 14.2 Å². The maximum absolute atomic E-state index is 11.7. The number of carbonyl (C=O) groups is 3. The molecule has 2 aromatic rings. The molecular formula is C20H22N2O6. The zero-order chi connectivity index (χ0) is 20.4. The molecule has 148 valence electrons. The van der Waals surface area contributed by atoms with E-state index in [1.54, 1.807) is 36.4 Å². The molecule has 0 aliphatic heterocycles. The highest BCUT2D eigenvalue weighted by molar-refractivity contribution is 5.85. The molecular weight excluding hydrogens is 364 g/mol. The third-order valence-electron chi connectivity index (χ3n) is 3.58. The van der Waals surface area contributed by atoms with Crippen molar-refractivity contribution in [2.24, 2.45) is 0 Å². The number of rotatable bonds is 8. The molecule has 2 rings (SSSR count). The van der Waals surface area contributed by atoms with E-state index in [2.05, 4.69) is 10.9 Å². The summed E-state index contributed by atoms with van der Waals surface area (Å²) in [6.45, 7) is 1.61. The largest absolute Gasteiger partial charge is 0.493 e. The standard InChI is InChI=1S/C20H22N2O6/c1-14-7-9-15(10-8-14)28-20(25)12-11-18(23)21-22-19(24)13-27-17-6-4-3-5-16(17)26-2/h3-10H,11-13H2,1-2H3,(H,21,23)(H,22,24). The fourth-order valence-corrected chi connectivity index (χ4v) is 2.12. The molecule has 0 unspecified atom stereocenters. The van der Waals surface area contributed by atoms with Crippen LogP contribution in [0.3, 0.4) is 0 Å². The van der Waals surface area contributed by atoms with Gasteiger partial charge in [-0.3, -0.25) is 25.2 Å². The molecule has 2 N–H and O–H groups in total. The molecule has 0 spiro atoms. The van der Waals surface area contributed by atoms with Crippen molar-refractivity contribution in [3.05, 3.63) is 54.1 Å². The molecule has 0 heterocycles. The first-order valence-electron chi connectivity index (χ1n) is 8.59. The third kappa shape index (κ3) is 6.99. The second-order valence-electron chi connectivity index (χ2n) is 5.82. The summed E-state index contributed by atoms with van der Waals surface area (Å²) in [5, 5.41) is 0. The normalized spacial score (nSPS) is 9.93. The van der Waals surface area contributed by atoms with Crippen LogP contribution in [0.4, 0.5) is 0 Å². The van der Waals surface area contributed by atoms with Gasteiger partial charge in [0.25, 0.3) is 5.91 Å². The summed E-state index contributed by atoms with van der Waals surface area (Å²) >= 11 is 0. The van der Waals surface area contributed by atoms with E-state index < -0.39 is 17.8 Å². The van der Waals surface area contributed by atoms with Crippen LogP contribution < -0.4 is 25.1 Å². The van der Waals surface area contributed by atoms with Gasteiger partial charge in [-0.05, 0) is 31.2 Å². The summed E-state index contributed by atoms with van der Waals surface area (Å²) in [5.74, 6) is -0.299. The number of ether oxygens (including phenoxy) is 3. The zero-order valence-electron chi connectivity index (χ0n) is 15.7. The number of hydrogen-bond donors (Lipinski definition) is 2. The Morgan fingerprint density at radius 2 is 1.50 bits per heavy atom. The molecule has 2 amide bonds. The minimum atomic E-state index is -0.554. The zero-order valence-corrected chi connectivity index (χ0v) is 15.7. The SMILES string of the molecule is COc1ccccc1OCC(=O)NNC(=O)CCC(=O)Oc1ccc(C)cc1. The topological polar surface area (TPSA) is 103 Å². The fourth-order valence-electron chi connectivity index (χ4n) is 2.12. The highest BCUT2D eigenvalue weighted by Crippen LogP contribution is 2.25. The van der Waals surface area contributed by atoms with Crippen molar-refractivity contribution in [3.63, 3.8) is 0 Å². The molecule has 2 aromatic carbocycles. The monoisotopic (exact) mass is 386 g/mol. The highest BCUT2D eigenvalue weighted by atomic mass is 16.5. The number of methoxy groups -OCH3 is 1. The van der Waals surface area contributed by atoms with E-state index in [0.717, 1.165) is 5.56 Å². The van der Waals surface area contributed by atoms with E-state index in [1.165, 1.54) is 7.11 Å². The van der Waals surface area contributed by atoms with Crippen LogP contribution in [0.15, 0.2) is 48.5 Å².